The molecule has 10 heteroatoms. The molecule has 4 rings (SSSR count). The molecule has 1 atom stereocenters. The van der Waals surface area contributed by atoms with Crippen molar-refractivity contribution in [1.82, 2.24) is 4.98 Å². The molecule has 2 heterocycles. The Morgan fingerprint density at radius 1 is 1.03 bits per heavy atom. The van der Waals surface area contributed by atoms with Crippen LogP contribution in [0.15, 0.2) is 48.5 Å². The lowest BCUT2D eigenvalue weighted by atomic mass is 9.95. The number of ketones is 1. The maximum Gasteiger partial charge on any atom is 0.336 e. The summed E-state index contributed by atoms with van der Waals surface area (Å²) in [5, 5.41) is 30.0. The first-order valence-corrected chi connectivity index (χ1v) is 10.4. The van der Waals surface area contributed by atoms with E-state index in [0.29, 0.717) is 11.3 Å². The summed E-state index contributed by atoms with van der Waals surface area (Å²) in [7, 11) is 2.77. The molecule has 0 unspecified atom stereocenters. The van der Waals surface area contributed by atoms with E-state index < -0.39 is 12.1 Å². The lowest BCUT2D eigenvalue weighted by Gasteiger charge is -2.26. The molecule has 3 aromatic rings. The van der Waals surface area contributed by atoms with E-state index in [1.165, 1.54) is 44.6 Å². The second-order valence-corrected chi connectivity index (χ2v) is 7.50. The number of ether oxygens (including phenoxy) is 4. The fourth-order valence-electron chi connectivity index (χ4n) is 3.56. The smallest absolute Gasteiger partial charge is 0.336 e. The van der Waals surface area contributed by atoms with Gasteiger partial charge in [-0.05, 0) is 35.9 Å². The van der Waals surface area contributed by atoms with Gasteiger partial charge in [-0.15, -0.1) is 0 Å². The number of carbonyl (C=O) groups is 2. The van der Waals surface area contributed by atoms with Gasteiger partial charge in [0.05, 0.1) is 26.3 Å². The molecule has 2 aromatic carbocycles. The van der Waals surface area contributed by atoms with Gasteiger partial charge in [0.1, 0.15) is 28.9 Å². The molecule has 0 saturated heterocycles. The molecule has 1 aromatic heterocycles. The lowest BCUT2D eigenvalue weighted by molar-refractivity contribution is -0.128. The van der Waals surface area contributed by atoms with E-state index in [0.717, 1.165) is 12.1 Å². The summed E-state index contributed by atoms with van der Waals surface area (Å²) in [4.78, 5) is 29.0. The fourth-order valence-corrected chi connectivity index (χ4v) is 3.56. The Kier molecular flexibility index (Phi) is 6.45. The van der Waals surface area contributed by atoms with Crippen molar-refractivity contribution in [3.05, 3.63) is 65.4 Å². The van der Waals surface area contributed by atoms with Crippen LogP contribution >= 0.6 is 0 Å². The van der Waals surface area contributed by atoms with Crippen LogP contribution in [0.3, 0.4) is 0 Å². The van der Waals surface area contributed by atoms with Crippen molar-refractivity contribution in [1.29, 1.82) is 0 Å². The van der Waals surface area contributed by atoms with Gasteiger partial charge < -0.3 is 34.3 Å². The van der Waals surface area contributed by atoms with Crippen LogP contribution in [0.25, 0.3) is 6.08 Å². The highest BCUT2D eigenvalue weighted by Gasteiger charge is 2.31. The highest BCUT2D eigenvalue weighted by molar-refractivity contribution is 6.03. The van der Waals surface area contributed by atoms with Crippen LogP contribution < -0.4 is 18.9 Å². The van der Waals surface area contributed by atoms with E-state index in [-0.39, 0.29) is 58.1 Å². The number of pyridine rings is 1. The quantitative estimate of drug-likeness (QED) is 0.273. The Hall–Kier alpha value is -4.73. The van der Waals surface area contributed by atoms with Crippen molar-refractivity contribution < 1.29 is 43.9 Å². The first-order valence-electron chi connectivity index (χ1n) is 10.4. The zero-order chi connectivity index (χ0) is 25.1. The van der Waals surface area contributed by atoms with Crippen LogP contribution in [0.4, 0.5) is 0 Å². The van der Waals surface area contributed by atoms with Crippen LogP contribution in [0, 0.1) is 0 Å². The van der Waals surface area contributed by atoms with Crippen molar-refractivity contribution in [3.8, 4) is 40.4 Å². The number of hydrogen-bond acceptors (Lipinski definition) is 10. The second-order valence-electron chi connectivity index (χ2n) is 7.50. The van der Waals surface area contributed by atoms with Crippen LogP contribution in [-0.4, -0.2) is 46.3 Å². The molecule has 10 nitrogen and oxygen atoms in total. The molecule has 0 saturated carbocycles. The number of Topliss-reactive ketones (excluding diaryl/α,β-unsaturated/α-hetero) is 1. The van der Waals surface area contributed by atoms with Crippen LogP contribution in [0.2, 0.25) is 0 Å². The maximum atomic E-state index is 12.7. The summed E-state index contributed by atoms with van der Waals surface area (Å²) < 4.78 is 21.1. The van der Waals surface area contributed by atoms with Gasteiger partial charge in [-0.3, -0.25) is 4.79 Å². The van der Waals surface area contributed by atoms with E-state index in [4.69, 9.17) is 18.9 Å². The summed E-state index contributed by atoms with van der Waals surface area (Å²) >= 11 is 0. The molecule has 0 bridgehead atoms. The largest absolute Gasteiger partial charge is 0.507 e. The predicted molar refractivity (Wildman–Crippen MR) is 122 cm³/mol. The van der Waals surface area contributed by atoms with Crippen molar-refractivity contribution in [2.24, 2.45) is 0 Å². The third-order valence-corrected chi connectivity index (χ3v) is 5.21. The number of benzene rings is 2. The highest BCUT2D eigenvalue weighted by Crippen LogP contribution is 2.43. The minimum Gasteiger partial charge on any atom is -0.507 e. The summed E-state index contributed by atoms with van der Waals surface area (Å²) in [6, 6.07) is 9.96. The first-order chi connectivity index (χ1) is 16.8. The van der Waals surface area contributed by atoms with Gasteiger partial charge in [0.2, 0.25) is 0 Å². The molecule has 180 valence electrons. The molecule has 0 amide bonds. The monoisotopic (exact) mass is 479 g/mol. The average molecular weight is 479 g/mol. The molecule has 0 aliphatic carbocycles. The highest BCUT2D eigenvalue weighted by atomic mass is 16.5. The third-order valence-electron chi connectivity index (χ3n) is 5.21. The Morgan fingerprint density at radius 3 is 2.54 bits per heavy atom. The van der Waals surface area contributed by atoms with Crippen LogP contribution in [0.5, 0.6) is 40.4 Å². The van der Waals surface area contributed by atoms with Gasteiger partial charge in [-0.25, -0.2) is 9.78 Å². The number of esters is 1. The van der Waals surface area contributed by atoms with Crippen LogP contribution in [0.1, 0.15) is 34.1 Å². The van der Waals surface area contributed by atoms with E-state index >= 15 is 0 Å². The number of fused-ring (bicyclic) bond motifs is 1. The minimum atomic E-state index is -0.781. The standard InChI is InChI=1S/C25H21NO9/c1-32-20-7-3-13(9-17(20)28)21-12-19(30)24-18(29)10-15(11-22(24)35-21)34-23(31)8-5-14-4-6-16(27)25(26-14)33-2/h3-11,21,27-29H,12H2,1-2H3/b8-5+/t21-/m0/s1. The molecule has 1 aliphatic heterocycles. The molecule has 3 N–H and O–H groups in total. The predicted octanol–water partition coefficient (Wildman–Crippen LogP) is 3.54. The van der Waals surface area contributed by atoms with Gasteiger partial charge in [0, 0.05) is 18.2 Å². The Labute approximate surface area is 199 Å². The number of phenolic OH excluding ortho intramolecular Hbond substituents is 2. The normalized spacial score (nSPS) is 14.8. The fraction of sp³-hybridized carbons (Fsp3) is 0.160. The van der Waals surface area contributed by atoms with E-state index in [1.54, 1.807) is 12.1 Å². The van der Waals surface area contributed by atoms with Crippen molar-refractivity contribution in [2.45, 2.75) is 12.5 Å². The summed E-state index contributed by atoms with van der Waals surface area (Å²) in [6.07, 6.45) is 1.67. The van der Waals surface area contributed by atoms with E-state index in [2.05, 4.69) is 4.98 Å². The number of aromatic hydroxyl groups is 3. The molecule has 0 spiro atoms. The molecular formula is C25H21NO9. The van der Waals surface area contributed by atoms with Gasteiger partial charge in [-0.1, -0.05) is 6.07 Å². The molecular weight excluding hydrogens is 458 g/mol. The molecule has 1 aliphatic rings. The number of phenols is 2. The lowest BCUT2D eigenvalue weighted by Crippen LogP contribution is -2.20. The summed E-state index contributed by atoms with van der Waals surface area (Å²) in [6.45, 7) is 0. The summed E-state index contributed by atoms with van der Waals surface area (Å²) in [5.41, 5.74) is 0.850. The zero-order valence-corrected chi connectivity index (χ0v) is 18.7. The Bertz CT molecular complexity index is 1330. The van der Waals surface area contributed by atoms with Crippen LogP contribution in [-0.2, 0) is 4.79 Å². The number of rotatable bonds is 6. The minimum absolute atomic E-state index is 0.00155. The maximum absolute atomic E-state index is 12.7. The number of methoxy groups -OCH3 is 2. The average Bonchev–Trinajstić information content (AvgIpc) is 2.82. The molecule has 35 heavy (non-hydrogen) atoms. The van der Waals surface area contributed by atoms with Gasteiger partial charge >= 0.3 is 5.97 Å². The number of aromatic nitrogens is 1. The number of hydrogen-bond donors (Lipinski definition) is 3. The summed E-state index contributed by atoms with van der Waals surface area (Å²) in [5.74, 6) is -1.51. The Morgan fingerprint density at radius 2 is 1.83 bits per heavy atom. The SMILES string of the molecule is COc1ccc([C@@H]2CC(=O)c3c(O)cc(OC(=O)/C=C/c4ccc(O)c(OC)n4)cc3O2)cc1O. The first kappa shape index (κ1) is 23.4. The number of nitrogens with zero attached hydrogens (tertiary/aromatic N) is 1. The van der Waals surface area contributed by atoms with E-state index in [1.807, 2.05) is 0 Å². The topological polar surface area (TPSA) is 145 Å². The molecule has 0 radical (unpaired) electrons. The van der Waals surface area contributed by atoms with Crippen molar-refractivity contribution >= 4 is 17.8 Å². The zero-order valence-electron chi connectivity index (χ0n) is 18.7. The van der Waals surface area contributed by atoms with Gasteiger partial charge in [0.25, 0.3) is 5.88 Å². The van der Waals surface area contributed by atoms with Gasteiger partial charge in [0.15, 0.2) is 23.0 Å². The number of carbonyl (C=O) groups excluding carboxylic acids is 2. The van der Waals surface area contributed by atoms with Crippen molar-refractivity contribution in [3.63, 3.8) is 0 Å². The molecule has 0 fully saturated rings. The van der Waals surface area contributed by atoms with E-state index in [9.17, 15) is 24.9 Å². The third kappa shape index (κ3) is 4.96. The van der Waals surface area contributed by atoms with Crippen molar-refractivity contribution in [2.75, 3.05) is 14.2 Å². The second kappa shape index (κ2) is 9.64. The Balaban J connectivity index is 1.53. The van der Waals surface area contributed by atoms with Gasteiger partial charge in [-0.2, -0.15) is 0 Å².